The summed E-state index contributed by atoms with van der Waals surface area (Å²) in [7, 11) is 1.63. The number of aryl methyl sites for hydroxylation is 1. The van der Waals surface area contributed by atoms with Gasteiger partial charge in [-0.1, -0.05) is 16.8 Å². The molecule has 1 aliphatic carbocycles. The molecule has 2 heterocycles. The first kappa shape index (κ1) is 22.5. The van der Waals surface area contributed by atoms with E-state index in [4.69, 9.17) is 20.9 Å². The van der Waals surface area contributed by atoms with Crippen LogP contribution in [0, 0.1) is 0 Å². The Balaban J connectivity index is 1.53. The Morgan fingerprint density at radius 2 is 1.97 bits per heavy atom. The number of nitrogens with one attached hydrogen (secondary N) is 2. The summed E-state index contributed by atoms with van der Waals surface area (Å²) in [6.45, 7) is 1.09. The third kappa shape index (κ3) is 5.03. The molecule has 0 unspecified atom stereocenters. The van der Waals surface area contributed by atoms with Crippen LogP contribution in [0.5, 0.6) is 0 Å². The highest BCUT2D eigenvalue weighted by atomic mass is 35.5. The van der Waals surface area contributed by atoms with E-state index in [-0.39, 0.29) is 11.6 Å². The van der Waals surface area contributed by atoms with Crippen LogP contribution in [-0.4, -0.2) is 37.2 Å². The summed E-state index contributed by atoms with van der Waals surface area (Å²) in [6, 6.07) is 8.66. The molecular weight excluding hydrogens is 450 g/mol. The average Bonchev–Trinajstić information content (AvgIpc) is 3.42. The summed E-state index contributed by atoms with van der Waals surface area (Å²) in [4.78, 5) is 27.0. The predicted octanol–water partition coefficient (Wildman–Crippen LogP) is 4.95. The van der Waals surface area contributed by atoms with Crippen molar-refractivity contribution in [3.63, 3.8) is 0 Å². The molecule has 7 nitrogen and oxygen atoms in total. The fraction of sp³-hybridized carbons (Fsp3) is 0.348. The maximum Gasteiger partial charge on any atom is 0.278 e. The van der Waals surface area contributed by atoms with Crippen molar-refractivity contribution in [3.05, 3.63) is 57.1 Å². The van der Waals surface area contributed by atoms with Crippen molar-refractivity contribution in [2.24, 2.45) is 0 Å². The number of carbonyl (C=O) groups excluding carboxylic acids is 2. The molecule has 0 spiro atoms. The van der Waals surface area contributed by atoms with E-state index < -0.39 is 5.91 Å². The molecule has 168 valence electrons. The molecular formula is C23H24ClN3O4S. The van der Waals surface area contributed by atoms with E-state index in [9.17, 15) is 9.59 Å². The van der Waals surface area contributed by atoms with Crippen LogP contribution < -0.4 is 10.6 Å². The van der Waals surface area contributed by atoms with Gasteiger partial charge in [-0.3, -0.25) is 9.59 Å². The van der Waals surface area contributed by atoms with Gasteiger partial charge in [0.05, 0.1) is 5.56 Å². The fourth-order valence-corrected chi connectivity index (χ4v) is 5.11. The second kappa shape index (κ2) is 10.3. The summed E-state index contributed by atoms with van der Waals surface area (Å²) in [6.07, 6.45) is 4.61. The Morgan fingerprint density at radius 1 is 1.19 bits per heavy atom. The van der Waals surface area contributed by atoms with Gasteiger partial charge >= 0.3 is 0 Å². The van der Waals surface area contributed by atoms with Gasteiger partial charge in [-0.05, 0) is 61.9 Å². The van der Waals surface area contributed by atoms with Gasteiger partial charge in [0.25, 0.3) is 11.8 Å². The molecule has 2 N–H and O–H groups in total. The van der Waals surface area contributed by atoms with Crippen molar-refractivity contribution in [1.82, 2.24) is 10.5 Å². The molecule has 4 rings (SSSR count). The van der Waals surface area contributed by atoms with Crippen LogP contribution in [0.15, 0.2) is 34.9 Å². The molecule has 3 aromatic rings. The number of aromatic nitrogens is 1. The zero-order chi connectivity index (χ0) is 22.5. The number of benzene rings is 1. The number of rotatable bonds is 8. The Bertz CT molecular complexity index is 1110. The highest BCUT2D eigenvalue weighted by Gasteiger charge is 2.27. The number of methoxy groups -OCH3 is 1. The number of nitrogens with zero attached hydrogens (tertiary/aromatic N) is 1. The Hall–Kier alpha value is -2.68. The maximum atomic E-state index is 13.0. The molecule has 0 atom stereocenters. The normalized spacial score (nSPS) is 12.9. The number of hydrogen-bond acceptors (Lipinski definition) is 6. The van der Waals surface area contributed by atoms with E-state index in [1.54, 1.807) is 37.4 Å². The third-order valence-corrected chi connectivity index (χ3v) is 6.77. The number of hydrogen-bond donors (Lipinski definition) is 2. The molecule has 0 saturated carbocycles. The second-order valence-electron chi connectivity index (χ2n) is 7.55. The predicted molar refractivity (Wildman–Crippen MR) is 125 cm³/mol. The van der Waals surface area contributed by atoms with Crippen molar-refractivity contribution in [1.29, 1.82) is 0 Å². The van der Waals surface area contributed by atoms with Gasteiger partial charge in [-0.15, -0.1) is 11.3 Å². The summed E-state index contributed by atoms with van der Waals surface area (Å²) < 4.78 is 10.4. The molecule has 0 saturated heterocycles. The summed E-state index contributed by atoms with van der Waals surface area (Å²) in [5, 5.41) is 10.9. The van der Waals surface area contributed by atoms with Crippen LogP contribution >= 0.6 is 22.9 Å². The number of amides is 2. The number of halogens is 1. The zero-order valence-corrected chi connectivity index (χ0v) is 19.3. The van der Waals surface area contributed by atoms with Crippen LogP contribution in [0.3, 0.4) is 0 Å². The summed E-state index contributed by atoms with van der Waals surface area (Å²) in [5.41, 5.74) is 2.52. The molecule has 0 aliphatic heterocycles. The smallest absolute Gasteiger partial charge is 0.278 e. The fourth-order valence-electron chi connectivity index (χ4n) is 3.70. The SMILES string of the molecule is COCCCNC(=O)c1c(NC(=O)c2cc(-c3ccc(Cl)cc3)on2)sc2c1CCCC2. The molecule has 2 amide bonds. The highest BCUT2D eigenvalue weighted by molar-refractivity contribution is 7.17. The second-order valence-corrected chi connectivity index (χ2v) is 9.10. The van der Waals surface area contributed by atoms with Crippen LogP contribution in [-0.2, 0) is 17.6 Å². The quantitative estimate of drug-likeness (QED) is 0.451. The summed E-state index contributed by atoms with van der Waals surface area (Å²) in [5.74, 6) is -0.118. The van der Waals surface area contributed by atoms with Gasteiger partial charge in [0, 0.05) is 41.8 Å². The first-order valence-electron chi connectivity index (χ1n) is 10.5. The molecule has 0 fully saturated rings. The number of ether oxygens (including phenoxy) is 1. The molecule has 1 aromatic carbocycles. The Labute approximate surface area is 195 Å². The van der Waals surface area contributed by atoms with Gasteiger partial charge in [-0.25, -0.2) is 0 Å². The van der Waals surface area contributed by atoms with Crippen LogP contribution in [0.4, 0.5) is 5.00 Å². The van der Waals surface area contributed by atoms with Crippen molar-refractivity contribution >= 4 is 39.8 Å². The van der Waals surface area contributed by atoms with Crippen molar-refractivity contribution in [3.8, 4) is 11.3 Å². The topological polar surface area (TPSA) is 93.5 Å². The zero-order valence-electron chi connectivity index (χ0n) is 17.7. The average molecular weight is 474 g/mol. The van der Waals surface area contributed by atoms with E-state index in [0.29, 0.717) is 34.5 Å². The van der Waals surface area contributed by atoms with Gasteiger partial charge < -0.3 is 19.9 Å². The van der Waals surface area contributed by atoms with Crippen LogP contribution in [0.2, 0.25) is 5.02 Å². The van der Waals surface area contributed by atoms with Gasteiger partial charge in [-0.2, -0.15) is 0 Å². The first-order chi connectivity index (χ1) is 15.6. The highest BCUT2D eigenvalue weighted by Crippen LogP contribution is 2.38. The van der Waals surface area contributed by atoms with Crippen LogP contribution in [0.25, 0.3) is 11.3 Å². The number of anilines is 1. The third-order valence-electron chi connectivity index (χ3n) is 5.31. The van der Waals surface area contributed by atoms with E-state index in [0.717, 1.165) is 48.1 Å². The first-order valence-corrected chi connectivity index (χ1v) is 11.7. The van der Waals surface area contributed by atoms with E-state index in [1.165, 1.54) is 11.3 Å². The monoisotopic (exact) mass is 473 g/mol. The van der Waals surface area contributed by atoms with Gasteiger partial charge in [0.1, 0.15) is 5.00 Å². The molecule has 2 aromatic heterocycles. The standard InChI is InChI=1S/C23H24ClN3O4S/c1-30-12-4-11-25-22(29)20-16-5-2-3-6-19(16)32-23(20)26-21(28)17-13-18(31-27-17)14-7-9-15(24)10-8-14/h7-10,13H,2-6,11-12H2,1H3,(H,25,29)(H,26,28). The summed E-state index contributed by atoms with van der Waals surface area (Å²) >= 11 is 7.40. The lowest BCUT2D eigenvalue weighted by molar-refractivity contribution is 0.0948. The maximum absolute atomic E-state index is 13.0. The molecule has 1 aliphatic rings. The Morgan fingerprint density at radius 3 is 2.75 bits per heavy atom. The lowest BCUT2D eigenvalue weighted by Gasteiger charge is -2.13. The van der Waals surface area contributed by atoms with E-state index >= 15 is 0 Å². The lowest BCUT2D eigenvalue weighted by atomic mass is 9.95. The van der Waals surface area contributed by atoms with Crippen molar-refractivity contribution in [2.45, 2.75) is 32.1 Å². The largest absolute Gasteiger partial charge is 0.385 e. The van der Waals surface area contributed by atoms with Crippen LogP contribution in [0.1, 0.15) is 50.5 Å². The molecule has 32 heavy (non-hydrogen) atoms. The Kier molecular flexibility index (Phi) is 7.24. The lowest BCUT2D eigenvalue weighted by Crippen LogP contribution is -2.27. The minimum absolute atomic E-state index is 0.146. The van der Waals surface area contributed by atoms with E-state index in [2.05, 4.69) is 15.8 Å². The molecule has 9 heteroatoms. The minimum Gasteiger partial charge on any atom is -0.385 e. The number of thiophene rings is 1. The molecule has 0 bridgehead atoms. The minimum atomic E-state index is -0.416. The van der Waals surface area contributed by atoms with E-state index in [1.807, 2.05) is 0 Å². The van der Waals surface area contributed by atoms with Crippen molar-refractivity contribution in [2.75, 3.05) is 25.6 Å². The molecule has 0 radical (unpaired) electrons. The number of carbonyl (C=O) groups is 2. The van der Waals surface area contributed by atoms with Gasteiger partial charge in [0.2, 0.25) is 0 Å². The van der Waals surface area contributed by atoms with Crippen molar-refractivity contribution < 1.29 is 18.8 Å². The van der Waals surface area contributed by atoms with Gasteiger partial charge in [0.15, 0.2) is 11.5 Å². The number of fused-ring (bicyclic) bond motifs is 1.